The fourth-order valence-electron chi connectivity index (χ4n) is 5.73. The Labute approximate surface area is 271 Å². The van der Waals surface area contributed by atoms with E-state index in [4.69, 9.17) is 10.7 Å². The van der Waals surface area contributed by atoms with E-state index in [0.717, 1.165) is 42.4 Å². The third-order valence-electron chi connectivity index (χ3n) is 8.07. The van der Waals surface area contributed by atoms with Crippen LogP contribution in [0.1, 0.15) is 36.8 Å². The van der Waals surface area contributed by atoms with Gasteiger partial charge in [-0.25, -0.2) is 19.7 Å². The van der Waals surface area contributed by atoms with Crippen LogP contribution in [0.3, 0.4) is 0 Å². The zero-order valence-electron chi connectivity index (χ0n) is 25.8. The average molecular weight is 631 g/mol. The zero-order valence-corrected chi connectivity index (χ0v) is 25.8. The molecule has 5 aromatic rings. The molecule has 3 amide bonds. The van der Waals surface area contributed by atoms with Crippen molar-refractivity contribution in [3.63, 3.8) is 0 Å². The molecule has 0 radical (unpaired) electrons. The number of nitriles is 1. The number of amides is 3. The van der Waals surface area contributed by atoms with Crippen molar-refractivity contribution < 1.29 is 9.59 Å². The van der Waals surface area contributed by atoms with E-state index in [1.165, 1.54) is 17.1 Å². The van der Waals surface area contributed by atoms with Crippen molar-refractivity contribution in [2.75, 3.05) is 10.2 Å². The Kier molecular flexibility index (Phi) is 9.14. The van der Waals surface area contributed by atoms with Gasteiger partial charge in [0.05, 0.1) is 29.8 Å². The second-order valence-electron chi connectivity index (χ2n) is 11.4. The van der Waals surface area contributed by atoms with E-state index in [1.54, 1.807) is 28.2 Å². The molecular weight excluding hydrogens is 596 g/mol. The standard InChI is InChI=1S/C33H34N12O2/c1-43-19-25(17-39-43)23-7-12-30(36-15-23)45(33(47)38-14-22-5-3-2-4-6-22)28-10-8-27(9-11-28)41-32-37-16-24(13-34)31(42-32)26-18-40-44(20-26)21-29(35)46/h2-7,12,15-20,27-28H,8-11,14,21H2,1H3,(H2,35,46)(H,38,47)(H,37,41,42)/t27-,28-. The van der Waals surface area contributed by atoms with Gasteiger partial charge in [-0.3, -0.25) is 19.1 Å². The van der Waals surface area contributed by atoms with E-state index in [9.17, 15) is 14.9 Å². The summed E-state index contributed by atoms with van der Waals surface area (Å²) in [6.07, 6.45) is 13.1. The summed E-state index contributed by atoms with van der Waals surface area (Å²) in [5.74, 6) is 0.442. The lowest BCUT2D eigenvalue weighted by molar-refractivity contribution is -0.118. The van der Waals surface area contributed by atoms with Crippen LogP contribution >= 0.6 is 0 Å². The van der Waals surface area contributed by atoms with E-state index in [0.29, 0.717) is 29.6 Å². The number of rotatable bonds is 10. The molecule has 0 unspecified atom stereocenters. The van der Waals surface area contributed by atoms with Gasteiger partial charge in [-0.1, -0.05) is 30.3 Å². The molecule has 1 aliphatic carbocycles. The number of nitrogens with two attached hydrogens (primary N) is 1. The fourth-order valence-corrected chi connectivity index (χ4v) is 5.73. The van der Waals surface area contributed by atoms with Crippen molar-refractivity contribution in [3.05, 3.63) is 90.8 Å². The highest BCUT2D eigenvalue weighted by atomic mass is 16.2. The number of anilines is 2. The molecule has 4 N–H and O–H groups in total. The highest BCUT2D eigenvalue weighted by Gasteiger charge is 2.31. The van der Waals surface area contributed by atoms with E-state index >= 15 is 0 Å². The molecule has 6 rings (SSSR count). The molecule has 14 heteroatoms. The van der Waals surface area contributed by atoms with Gasteiger partial charge >= 0.3 is 6.03 Å². The Morgan fingerprint density at radius 2 is 1.74 bits per heavy atom. The number of urea groups is 1. The van der Waals surface area contributed by atoms with Crippen LogP contribution in [-0.4, -0.2) is 58.5 Å². The Morgan fingerprint density at radius 1 is 0.957 bits per heavy atom. The maximum atomic E-state index is 13.7. The van der Waals surface area contributed by atoms with Crippen LogP contribution in [0.15, 0.2) is 79.6 Å². The Hall–Kier alpha value is -6.10. The van der Waals surface area contributed by atoms with Gasteiger partial charge in [-0.2, -0.15) is 15.5 Å². The molecule has 1 aliphatic rings. The van der Waals surface area contributed by atoms with Gasteiger partial charge in [0.25, 0.3) is 0 Å². The molecule has 0 atom stereocenters. The Balaban J connectivity index is 1.16. The minimum atomic E-state index is -0.523. The monoisotopic (exact) mass is 630 g/mol. The number of benzene rings is 1. The summed E-state index contributed by atoms with van der Waals surface area (Å²) in [6, 6.07) is 15.5. The van der Waals surface area contributed by atoms with Crippen LogP contribution in [0.25, 0.3) is 22.4 Å². The van der Waals surface area contributed by atoms with Crippen LogP contribution in [0.4, 0.5) is 16.6 Å². The second kappa shape index (κ2) is 13.9. The molecule has 0 saturated heterocycles. The first-order valence-corrected chi connectivity index (χ1v) is 15.3. The summed E-state index contributed by atoms with van der Waals surface area (Å²) in [6.45, 7) is 0.327. The van der Waals surface area contributed by atoms with Crippen LogP contribution in [-0.2, 0) is 24.9 Å². The van der Waals surface area contributed by atoms with Gasteiger partial charge in [-0.05, 0) is 43.4 Å². The molecule has 0 aliphatic heterocycles. The number of primary amides is 1. The zero-order chi connectivity index (χ0) is 32.8. The predicted octanol–water partition coefficient (Wildman–Crippen LogP) is 3.63. The van der Waals surface area contributed by atoms with Gasteiger partial charge in [0.1, 0.15) is 18.4 Å². The minimum absolute atomic E-state index is 0.0553. The summed E-state index contributed by atoms with van der Waals surface area (Å²) in [4.78, 5) is 40.5. The van der Waals surface area contributed by atoms with E-state index in [2.05, 4.69) is 36.9 Å². The summed E-state index contributed by atoms with van der Waals surface area (Å²) < 4.78 is 3.14. The maximum Gasteiger partial charge on any atom is 0.323 e. The summed E-state index contributed by atoms with van der Waals surface area (Å²) >= 11 is 0. The van der Waals surface area contributed by atoms with Crippen LogP contribution in [0.2, 0.25) is 0 Å². The number of aryl methyl sites for hydroxylation is 1. The van der Waals surface area contributed by atoms with Crippen molar-refractivity contribution >= 4 is 23.7 Å². The maximum absolute atomic E-state index is 13.7. The predicted molar refractivity (Wildman–Crippen MR) is 174 cm³/mol. The summed E-state index contributed by atoms with van der Waals surface area (Å²) in [5, 5.41) is 24.5. The van der Waals surface area contributed by atoms with E-state index < -0.39 is 5.91 Å². The van der Waals surface area contributed by atoms with Crippen LogP contribution in [0, 0.1) is 11.3 Å². The smallest absolute Gasteiger partial charge is 0.323 e. The molecule has 0 spiro atoms. The second-order valence-corrected chi connectivity index (χ2v) is 11.4. The highest BCUT2D eigenvalue weighted by Crippen LogP contribution is 2.30. The van der Waals surface area contributed by atoms with Crippen LogP contribution in [0.5, 0.6) is 0 Å². The molecule has 47 heavy (non-hydrogen) atoms. The lowest BCUT2D eigenvalue weighted by Gasteiger charge is -2.36. The third kappa shape index (κ3) is 7.42. The molecule has 1 aromatic carbocycles. The molecule has 4 heterocycles. The van der Waals surface area contributed by atoms with Crippen molar-refractivity contribution in [2.45, 2.75) is 50.9 Å². The summed E-state index contributed by atoms with van der Waals surface area (Å²) in [5.41, 5.74) is 9.44. The lowest BCUT2D eigenvalue weighted by atomic mass is 9.90. The summed E-state index contributed by atoms with van der Waals surface area (Å²) in [7, 11) is 1.87. The Morgan fingerprint density at radius 3 is 2.43 bits per heavy atom. The van der Waals surface area contributed by atoms with Gasteiger partial charge in [0.15, 0.2) is 0 Å². The lowest BCUT2D eigenvalue weighted by Crippen LogP contribution is -2.49. The van der Waals surface area contributed by atoms with Gasteiger partial charge in [0.2, 0.25) is 11.9 Å². The quantitative estimate of drug-likeness (QED) is 0.207. The van der Waals surface area contributed by atoms with Gasteiger partial charge in [-0.15, -0.1) is 0 Å². The van der Waals surface area contributed by atoms with Gasteiger partial charge < -0.3 is 16.4 Å². The first kappa shape index (κ1) is 30.9. The first-order valence-electron chi connectivity index (χ1n) is 15.3. The number of hydrogen-bond acceptors (Lipinski definition) is 9. The molecule has 4 aromatic heterocycles. The van der Waals surface area contributed by atoms with Crippen molar-refractivity contribution in [2.24, 2.45) is 12.8 Å². The SMILES string of the molecule is Cn1cc(-c2ccc(N(C(=O)NCc3ccccc3)[C@H]3CC[C@H](Nc4ncc(C#N)c(-c5cnn(CC(N)=O)c5)n4)CC3)nc2)cn1. The number of nitrogens with one attached hydrogen (secondary N) is 2. The molecule has 14 nitrogen and oxygen atoms in total. The van der Waals surface area contributed by atoms with Crippen molar-refractivity contribution in [1.29, 1.82) is 5.26 Å². The first-order chi connectivity index (χ1) is 22.9. The molecule has 1 fully saturated rings. The molecule has 238 valence electrons. The molecular formula is C33H34N12O2. The number of hydrogen-bond donors (Lipinski definition) is 3. The van der Waals surface area contributed by atoms with E-state index in [1.807, 2.05) is 55.7 Å². The topological polar surface area (TPSA) is 186 Å². The minimum Gasteiger partial charge on any atom is -0.368 e. The van der Waals surface area contributed by atoms with E-state index in [-0.39, 0.29) is 30.2 Å². The number of aromatic nitrogens is 7. The molecule has 0 bridgehead atoms. The van der Waals surface area contributed by atoms with Crippen molar-refractivity contribution in [1.82, 2.24) is 39.8 Å². The average Bonchev–Trinajstić information content (AvgIpc) is 3.74. The number of carbonyl (C=O) groups is 2. The third-order valence-corrected chi connectivity index (χ3v) is 8.07. The highest BCUT2D eigenvalue weighted by molar-refractivity contribution is 5.91. The molecule has 1 saturated carbocycles. The number of pyridine rings is 1. The number of nitrogens with zero attached hydrogens (tertiary/aromatic N) is 9. The Bertz CT molecular complexity index is 1890. The van der Waals surface area contributed by atoms with Crippen LogP contribution < -0.4 is 21.3 Å². The normalized spacial score (nSPS) is 15.8. The number of carbonyl (C=O) groups excluding carboxylic acids is 2. The fraction of sp³-hybridized carbons (Fsp3) is 0.273. The van der Waals surface area contributed by atoms with Gasteiger partial charge in [0, 0.05) is 61.0 Å². The van der Waals surface area contributed by atoms with Crippen molar-refractivity contribution in [3.8, 4) is 28.5 Å². The largest absolute Gasteiger partial charge is 0.368 e.